The van der Waals surface area contributed by atoms with Crippen LogP contribution in [0.3, 0.4) is 0 Å². The minimum absolute atomic E-state index is 0.0921. The van der Waals surface area contributed by atoms with E-state index in [1.807, 2.05) is 43.3 Å². The largest absolute Gasteiger partial charge is 0.472 e. The number of aromatic amines is 2. The van der Waals surface area contributed by atoms with Crippen LogP contribution in [0.15, 0.2) is 95.9 Å². The Morgan fingerprint density at radius 1 is 1.16 bits per heavy atom. The van der Waals surface area contributed by atoms with Crippen molar-refractivity contribution in [2.45, 2.75) is 19.3 Å². The summed E-state index contributed by atoms with van der Waals surface area (Å²) in [5, 5.41) is 9.87. The maximum atomic E-state index is 13.7. The van der Waals surface area contributed by atoms with E-state index in [0.717, 1.165) is 61.0 Å². The normalized spacial score (nSPS) is 16.6. The number of furan rings is 1. The summed E-state index contributed by atoms with van der Waals surface area (Å²) in [6.07, 6.45) is 9.15. The minimum atomic E-state index is -2.61. The van der Waals surface area contributed by atoms with Crippen LogP contribution in [-0.2, 0) is 0 Å². The van der Waals surface area contributed by atoms with E-state index in [2.05, 4.69) is 46.0 Å². The molecule has 0 radical (unpaired) electrons. The lowest BCUT2D eigenvalue weighted by Gasteiger charge is -2.16. The van der Waals surface area contributed by atoms with Gasteiger partial charge in [-0.15, -0.1) is 0 Å². The molecule has 4 heterocycles. The molecular weight excluding hydrogens is 482 g/mol. The van der Waals surface area contributed by atoms with Gasteiger partial charge in [-0.3, -0.25) is 10.00 Å². The Labute approximate surface area is 219 Å². The molecule has 2 aromatic carbocycles. The SMILES string of the molecule is C=C/C(=C\C(=C/C)c1ccc2[nH]nc(-c3cc4c(-c5ccoc5)cccc4[nH]3)c2c1)CN1CCC(F)(F)C1. The van der Waals surface area contributed by atoms with E-state index in [0.29, 0.717) is 13.1 Å². The molecule has 5 nitrogen and oxygen atoms in total. The lowest BCUT2D eigenvalue weighted by atomic mass is 9.99. The lowest BCUT2D eigenvalue weighted by molar-refractivity contribution is 0.0131. The summed E-state index contributed by atoms with van der Waals surface area (Å²) in [4.78, 5) is 5.31. The summed E-state index contributed by atoms with van der Waals surface area (Å²) in [6, 6.07) is 16.4. The Morgan fingerprint density at radius 2 is 2.05 bits per heavy atom. The van der Waals surface area contributed by atoms with Crippen LogP contribution in [-0.4, -0.2) is 45.6 Å². The Bertz CT molecular complexity index is 1690. The number of benzene rings is 2. The van der Waals surface area contributed by atoms with Gasteiger partial charge in [0.25, 0.3) is 5.92 Å². The molecule has 1 aliphatic rings. The van der Waals surface area contributed by atoms with Crippen molar-refractivity contribution in [3.05, 3.63) is 97.0 Å². The monoisotopic (exact) mass is 510 g/mol. The summed E-state index contributed by atoms with van der Waals surface area (Å²) >= 11 is 0. The maximum absolute atomic E-state index is 13.7. The smallest absolute Gasteiger partial charge is 0.261 e. The first-order valence-corrected chi connectivity index (χ1v) is 12.7. The second kappa shape index (κ2) is 9.58. The van der Waals surface area contributed by atoms with Crippen LogP contribution in [0.1, 0.15) is 18.9 Å². The molecule has 0 unspecified atom stereocenters. The first-order chi connectivity index (χ1) is 18.4. The molecule has 6 rings (SSSR count). The highest BCUT2D eigenvalue weighted by atomic mass is 19.3. The van der Waals surface area contributed by atoms with Crippen molar-refractivity contribution in [1.29, 1.82) is 0 Å². The quantitative estimate of drug-likeness (QED) is 0.219. The molecule has 38 heavy (non-hydrogen) atoms. The molecule has 1 saturated heterocycles. The number of fused-ring (bicyclic) bond motifs is 2. The van der Waals surface area contributed by atoms with E-state index in [9.17, 15) is 8.78 Å². The van der Waals surface area contributed by atoms with Crippen molar-refractivity contribution in [2.75, 3.05) is 19.6 Å². The number of likely N-dealkylation sites (tertiary alicyclic amines) is 1. The molecule has 0 bridgehead atoms. The molecule has 1 aliphatic heterocycles. The van der Waals surface area contributed by atoms with Crippen molar-refractivity contribution in [1.82, 2.24) is 20.1 Å². The van der Waals surface area contributed by atoms with Crippen molar-refractivity contribution in [3.8, 4) is 22.5 Å². The average molecular weight is 511 g/mol. The van der Waals surface area contributed by atoms with E-state index >= 15 is 0 Å². The molecule has 0 spiro atoms. The molecule has 0 saturated carbocycles. The maximum Gasteiger partial charge on any atom is 0.261 e. The summed E-state index contributed by atoms with van der Waals surface area (Å²) in [5.74, 6) is -2.61. The topological polar surface area (TPSA) is 60.9 Å². The number of nitrogens with one attached hydrogen (secondary N) is 2. The number of halogens is 2. The van der Waals surface area contributed by atoms with E-state index < -0.39 is 5.92 Å². The summed E-state index contributed by atoms with van der Waals surface area (Å²) in [6.45, 7) is 6.54. The number of hydrogen-bond donors (Lipinski definition) is 2. The Kier molecular flexibility index (Phi) is 6.08. The Morgan fingerprint density at radius 3 is 2.79 bits per heavy atom. The van der Waals surface area contributed by atoms with Gasteiger partial charge >= 0.3 is 0 Å². The van der Waals surface area contributed by atoms with Gasteiger partial charge in [0, 0.05) is 41.4 Å². The van der Waals surface area contributed by atoms with Crippen LogP contribution in [0.2, 0.25) is 0 Å². The number of allylic oxidation sites excluding steroid dienone is 3. The van der Waals surface area contributed by atoms with Crippen LogP contribution in [0.25, 0.3) is 49.9 Å². The Hall–Kier alpha value is -4.23. The fourth-order valence-electron chi connectivity index (χ4n) is 5.25. The van der Waals surface area contributed by atoms with E-state index in [-0.39, 0.29) is 13.0 Å². The van der Waals surface area contributed by atoms with Crippen LogP contribution in [0, 0.1) is 0 Å². The van der Waals surface area contributed by atoms with Crippen LogP contribution >= 0.6 is 0 Å². The predicted octanol–water partition coefficient (Wildman–Crippen LogP) is 7.83. The van der Waals surface area contributed by atoms with E-state index in [1.165, 1.54) is 0 Å². The zero-order chi connectivity index (χ0) is 26.3. The number of H-pyrrole nitrogens is 2. The van der Waals surface area contributed by atoms with E-state index in [1.54, 1.807) is 23.5 Å². The third-order valence-electron chi connectivity index (χ3n) is 7.22. The highest BCUT2D eigenvalue weighted by molar-refractivity contribution is 6.01. The van der Waals surface area contributed by atoms with Gasteiger partial charge in [0.05, 0.1) is 30.3 Å². The summed E-state index contributed by atoms with van der Waals surface area (Å²) in [7, 11) is 0. The van der Waals surface area contributed by atoms with Gasteiger partial charge in [0.15, 0.2) is 0 Å². The summed E-state index contributed by atoms with van der Waals surface area (Å²) < 4.78 is 32.7. The zero-order valence-corrected chi connectivity index (χ0v) is 21.1. The van der Waals surface area contributed by atoms with Crippen LogP contribution < -0.4 is 0 Å². The zero-order valence-electron chi connectivity index (χ0n) is 21.1. The van der Waals surface area contributed by atoms with Gasteiger partial charge in [-0.05, 0) is 59.5 Å². The average Bonchev–Trinajstić information content (AvgIpc) is 3.71. The second-order valence-corrected chi connectivity index (χ2v) is 9.78. The highest BCUT2D eigenvalue weighted by Crippen LogP contribution is 2.35. The van der Waals surface area contributed by atoms with Gasteiger partial charge in [-0.25, -0.2) is 8.78 Å². The third-order valence-corrected chi connectivity index (χ3v) is 7.22. The lowest BCUT2D eigenvalue weighted by Crippen LogP contribution is -2.26. The van der Waals surface area contributed by atoms with E-state index in [4.69, 9.17) is 4.42 Å². The molecule has 192 valence electrons. The number of rotatable bonds is 7. The second-order valence-electron chi connectivity index (χ2n) is 9.78. The molecule has 2 N–H and O–H groups in total. The Balaban J connectivity index is 1.35. The molecular formula is C31H28F2N4O. The van der Waals surface area contributed by atoms with Gasteiger partial charge in [0.2, 0.25) is 0 Å². The standard InChI is InChI=1S/C31H28F2N4O/c1-3-20(17-37-12-11-31(32,33)19-37)14-21(4-2)22-8-9-28-26(15-22)30(36-35-28)29-16-25-24(23-10-13-38-18-23)6-5-7-27(25)34-29/h3-10,13-16,18,34H,1,11-12,17,19H2,2H3,(H,35,36)/b20-14+,21-4+. The first kappa shape index (κ1) is 24.1. The van der Waals surface area contributed by atoms with Crippen molar-refractivity contribution in [3.63, 3.8) is 0 Å². The van der Waals surface area contributed by atoms with Crippen molar-refractivity contribution >= 4 is 27.4 Å². The van der Waals surface area contributed by atoms with Crippen LogP contribution in [0.4, 0.5) is 8.78 Å². The number of hydrogen-bond acceptors (Lipinski definition) is 3. The highest BCUT2D eigenvalue weighted by Gasteiger charge is 2.37. The molecule has 0 amide bonds. The van der Waals surface area contributed by atoms with Gasteiger partial charge < -0.3 is 9.40 Å². The third kappa shape index (κ3) is 4.50. The number of aromatic nitrogens is 3. The van der Waals surface area contributed by atoms with Gasteiger partial charge in [0.1, 0.15) is 5.69 Å². The molecule has 0 aliphatic carbocycles. The van der Waals surface area contributed by atoms with Gasteiger partial charge in [-0.2, -0.15) is 5.10 Å². The molecule has 7 heteroatoms. The molecule has 1 fully saturated rings. The van der Waals surface area contributed by atoms with Crippen molar-refractivity contribution in [2.24, 2.45) is 0 Å². The number of alkyl halides is 2. The summed E-state index contributed by atoms with van der Waals surface area (Å²) in [5.41, 5.74) is 8.74. The van der Waals surface area contributed by atoms with Gasteiger partial charge in [-0.1, -0.05) is 43.0 Å². The van der Waals surface area contributed by atoms with Crippen LogP contribution in [0.5, 0.6) is 0 Å². The minimum Gasteiger partial charge on any atom is -0.472 e. The first-order valence-electron chi connectivity index (χ1n) is 12.7. The molecule has 5 aromatic rings. The van der Waals surface area contributed by atoms with Crippen molar-refractivity contribution < 1.29 is 13.2 Å². The molecule has 0 atom stereocenters. The fraction of sp³-hybridized carbons (Fsp3) is 0.194. The molecule has 3 aromatic heterocycles. The number of nitrogens with zero attached hydrogens (tertiary/aromatic N) is 2. The predicted molar refractivity (Wildman–Crippen MR) is 149 cm³/mol. The fourth-order valence-corrected chi connectivity index (χ4v) is 5.25.